The molecule has 0 aliphatic carbocycles. The number of nitro benzene ring substituents is 1. The van der Waals surface area contributed by atoms with Gasteiger partial charge >= 0.3 is 5.97 Å². The van der Waals surface area contributed by atoms with Crippen molar-refractivity contribution in [3.63, 3.8) is 0 Å². The first-order valence-corrected chi connectivity index (χ1v) is 10.6. The summed E-state index contributed by atoms with van der Waals surface area (Å²) in [6.45, 7) is 1.44. The number of nitrogens with zero attached hydrogens (tertiary/aromatic N) is 3. The number of nitro groups is 1. The predicted octanol–water partition coefficient (Wildman–Crippen LogP) is -0.160. The lowest BCUT2D eigenvalue weighted by molar-refractivity contribution is -0.384. The number of β-lactam (4-membered cyclic amide) rings is 1. The molecule has 2 aliphatic heterocycles. The summed E-state index contributed by atoms with van der Waals surface area (Å²) in [5.74, 6) is -2.03. The van der Waals surface area contributed by atoms with Crippen LogP contribution in [-0.2, 0) is 35.8 Å². The lowest BCUT2D eigenvalue weighted by atomic mass is 9.96. The third kappa shape index (κ3) is 3.72. The van der Waals surface area contributed by atoms with Gasteiger partial charge in [0.1, 0.15) is 12.6 Å². The molecular weight excluding hydrogens is 406 g/mol. The molecule has 156 valence electrons. The van der Waals surface area contributed by atoms with E-state index in [1.807, 2.05) is 0 Å². The van der Waals surface area contributed by atoms with Crippen molar-refractivity contribution in [2.24, 2.45) is 0 Å². The van der Waals surface area contributed by atoms with E-state index < -0.39 is 50.7 Å². The van der Waals surface area contributed by atoms with E-state index in [0.29, 0.717) is 5.56 Å². The molecule has 2 saturated heterocycles. The summed E-state index contributed by atoms with van der Waals surface area (Å²) in [5.41, 5.74) is 0.366. The van der Waals surface area contributed by atoms with Crippen LogP contribution in [0.5, 0.6) is 0 Å². The lowest BCUT2D eigenvalue weighted by Gasteiger charge is -2.47. The normalized spacial score (nSPS) is 23.7. The number of hydrogen-bond acceptors (Lipinski definition) is 8. The summed E-state index contributed by atoms with van der Waals surface area (Å²) >= 11 is 0. The Morgan fingerprint density at radius 2 is 1.93 bits per heavy atom. The van der Waals surface area contributed by atoms with Crippen molar-refractivity contribution in [2.45, 2.75) is 38.1 Å². The summed E-state index contributed by atoms with van der Waals surface area (Å²) in [4.78, 5) is 48.4. The number of non-ortho nitro benzene ring substituents is 1. The Balaban J connectivity index is 1.67. The number of carbonyl (C=O) groups is 3. The fourth-order valence-electron chi connectivity index (χ4n) is 3.70. The topological polar surface area (TPSA) is 144 Å². The number of ketones is 1. The number of sulfonamides is 1. The number of amides is 1. The van der Waals surface area contributed by atoms with E-state index in [1.54, 1.807) is 6.92 Å². The van der Waals surface area contributed by atoms with Crippen molar-refractivity contribution in [2.75, 3.05) is 12.8 Å². The molecule has 29 heavy (non-hydrogen) atoms. The van der Waals surface area contributed by atoms with Crippen LogP contribution in [0.3, 0.4) is 0 Å². The highest BCUT2D eigenvalue weighted by molar-refractivity contribution is 7.88. The van der Waals surface area contributed by atoms with Crippen LogP contribution < -0.4 is 0 Å². The van der Waals surface area contributed by atoms with E-state index >= 15 is 0 Å². The zero-order valence-electron chi connectivity index (χ0n) is 15.7. The number of likely N-dealkylation sites (N-methyl/N-ethyl adjacent to an activating group) is 1. The Hall–Kier alpha value is -2.86. The van der Waals surface area contributed by atoms with Gasteiger partial charge in [0.2, 0.25) is 15.9 Å². The van der Waals surface area contributed by atoms with Crippen LogP contribution in [-0.4, -0.2) is 71.1 Å². The van der Waals surface area contributed by atoms with Gasteiger partial charge in [-0.3, -0.25) is 19.7 Å². The third-order valence-corrected chi connectivity index (χ3v) is 6.36. The average molecular weight is 425 g/mol. The molecule has 3 atom stereocenters. The Bertz CT molecular complexity index is 975. The Labute approximate surface area is 166 Å². The van der Waals surface area contributed by atoms with Crippen LogP contribution in [0.15, 0.2) is 24.3 Å². The average Bonchev–Trinajstić information content (AvgIpc) is 2.96. The number of carbonyl (C=O) groups excluding carboxylic acids is 3. The van der Waals surface area contributed by atoms with E-state index in [9.17, 15) is 32.9 Å². The molecule has 3 rings (SSSR count). The first-order chi connectivity index (χ1) is 13.6. The standard InChI is InChI=1S/C17H19N3O8S/c1-3-18(29(2,26)27)14-12-8-13(21)15(19(12)16(14)22)17(23)28-9-10-4-6-11(7-5-10)20(24)25/h4-7,12,14-15H,3,8-9H2,1-2H3. The minimum atomic E-state index is -3.65. The van der Waals surface area contributed by atoms with Crippen LogP contribution in [0, 0.1) is 10.1 Å². The SMILES string of the molecule is CCN(C1C(=O)N2C(C(=O)OCc3ccc([N+](=O)[O-])cc3)C(=O)CC12)S(C)(=O)=O. The van der Waals surface area contributed by atoms with E-state index in [-0.39, 0.29) is 25.3 Å². The van der Waals surface area contributed by atoms with Gasteiger partial charge in [0.15, 0.2) is 11.8 Å². The molecule has 0 saturated carbocycles. The zero-order valence-corrected chi connectivity index (χ0v) is 16.5. The molecule has 1 aromatic rings. The summed E-state index contributed by atoms with van der Waals surface area (Å²) in [6, 6.07) is 2.26. The fourth-order valence-corrected chi connectivity index (χ4v) is 4.81. The second-order valence-corrected chi connectivity index (χ2v) is 8.76. The summed E-state index contributed by atoms with van der Waals surface area (Å²) in [5, 5.41) is 10.7. The predicted molar refractivity (Wildman–Crippen MR) is 98.0 cm³/mol. The van der Waals surface area contributed by atoms with E-state index in [4.69, 9.17) is 4.74 Å². The minimum absolute atomic E-state index is 0.0724. The Morgan fingerprint density at radius 1 is 1.31 bits per heavy atom. The van der Waals surface area contributed by atoms with Crippen LogP contribution >= 0.6 is 0 Å². The molecular formula is C17H19N3O8S. The second kappa shape index (κ2) is 7.52. The van der Waals surface area contributed by atoms with Gasteiger partial charge in [0.05, 0.1) is 17.2 Å². The van der Waals surface area contributed by atoms with Gasteiger partial charge in [-0.25, -0.2) is 13.2 Å². The van der Waals surface area contributed by atoms with Crippen molar-refractivity contribution < 1.29 is 32.5 Å². The number of esters is 1. The monoisotopic (exact) mass is 425 g/mol. The number of benzene rings is 1. The molecule has 2 fully saturated rings. The highest BCUT2D eigenvalue weighted by Crippen LogP contribution is 2.37. The maximum Gasteiger partial charge on any atom is 0.337 e. The van der Waals surface area contributed by atoms with Crippen molar-refractivity contribution in [1.82, 2.24) is 9.21 Å². The zero-order chi connectivity index (χ0) is 21.5. The molecule has 1 amide bonds. The van der Waals surface area contributed by atoms with Gasteiger partial charge in [-0.1, -0.05) is 6.92 Å². The van der Waals surface area contributed by atoms with Crippen LogP contribution in [0.2, 0.25) is 0 Å². The van der Waals surface area contributed by atoms with Crippen LogP contribution in [0.1, 0.15) is 18.9 Å². The van der Waals surface area contributed by atoms with E-state index in [2.05, 4.69) is 0 Å². The highest BCUT2D eigenvalue weighted by atomic mass is 32.2. The maximum atomic E-state index is 12.5. The minimum Gasteiger partial charge on any atom is -0.459 e. The fraction of sp³-hybridized carbons (Fsp3) is 0.471. The van der Waals surface area contributed by atoms with Gasteiger partial charge in [0.25, 0.3) is 5.69 Å². The highest BCUT2D eigenvalue weighted by Gasteiger charge is 2.62. The van der Waals surface area contributed by atoms with Crippen molar-refractivity contribution >= 4 is 33.4 Å². The third-order valence-electron chi connectivity index (χ3n) is 5.02. The van der Waals surface area contributed by atoms with Crippen molar-refractivity contribution in [3.05, 3.63) is 39.9 Å². The first kappa shape index (κ1) is 20.9. The molecule has 0 radical (unpaired) electrons. The van der Waals surface area contributed by atoms with Gasteiger partial charge in [-0.05, 0) is 17.7 Å². The number of Topliss-reactive ketones (excluding diaryl/α,β-unsaturated/α-hetero) is 1. The lowest BCUT2D eigenvalue weighted by Crippen LogP contribution is -2.71. The molecule has 0 spiro atoms. The summed E-state index contributed by atoms with van der Waals surface area (Å²) in [7, 11) is -3.65. The maximum absolute atomic E-state index is 12.5. The number of hydrogen-bond donors (Lipinski definition) is 0. The molecule has 0 aromatic heterocycles. The molecule has 12 heteroatoms. The Kier molecular flexibility index (Phi) is 5.41. The molecule has 1 aromatic carbocycles. The van der Waals surface area contributed by atoms with E-state index in [0.717, 1.165) is 15.5 Å². The number of fused-ring (bicyclic) bond motifs is 1. The Morgan fingerprint density at radius 3 is 2.45 bits per heavy atom. The van der Waals surface area contributed by atoms with Crippen molar-refractivity contribution in [3.8, 4) is 0 Å². The molecule has 0 N–H and O–H groups in total. The van der Waals surface area contributed by atoms with Crippen LogP contribution in [0.25, 0.3) is 0 Å². The molecule has 2 aliphatic rings. The van der Waals surface area contributed by atoms with Gasteiger partial charge < -0.3 is 9.64 Å². The number of ether oxygens (including phenoxy) is 1. The summed E-state index contributed by atoms with van der Waals surface area (Å²) < 4.78 is 29.9. The molecule has 2 heterocycles. The molecule has 0 bridgehead atoms. The quantitative estimate of drug-likeness (QED) is 0.193. The van der Waals surface area contributed by atoms with E-state index in [1.165, 1.54) is 24.3 Å². The smallest absolute Gasteiger partial charge is 0.337 e. The summed E-state index contributed by atoms with van der Waals surface area (Å²) in [6.07, 6.45) is 0.860. The molecule has 3 unspecified atom stereocenters. The first-order valence-electron chi connectivity index (χ1n) is 8.78. The van der Waals surface area contributed by atoms with Crippen molar-refractivity contribution in [1.29, 1.82) is 0 Å². The largest absolute Gasteiger partial charge is 0.459 e. The van der Waals surface area contributed by atoms with Gasteiger partial charge in [-0.15, -0.1) is 0 Å². The second-order valence-electron chi connectivity index (χ2n) is 6.83. The molecule has 11 nitrogen and oxygen atoms in total. The van der Waals surface area contributed by atoms with Gasteiger partial charge in [0, 0.05) is 25.1 Å². The van der Waals surface area contributed by atoms with Crippen LogP contribution in [0.4, 0.5) is 5.69 Å². The van der Waals surface area contributed by atoms with Gasteiger partial charge in [-0.2, -0.15) is 4.31 Å². The number of rotatable bonds is 7.